The van der Waals surface area contributed by atoms with Gasteiger partial charge in [-0.25, -0.2) is 4.79 Å². The van der Waals surface area contributed by atoms with E-state index in [4.69, 9.17) is 9.47 Å². The highest BCUT2D eigenvalue weighted by atomic mass is 16.5. The zero-order valence-electron chi connectivity index (χ0n) is 18.6. The van der Waals surface area contributed by atoms with Gasteiger partial charge in [-0.05, 0) is 50.0 Å². The Morgan fingerprint density at radius 2 is 1.87 bits per heavy atom. The fourth-order valence-electron chi connectivity index (χ4n) is 5.75. The number of carbonyl (C=O) groups is 2. The zero-order valence-corrected chi connectivity index (χ0v) is 17.6. The summed E-state index contributed by atoms with van der Waals surface area (Å²) < 4.78 is 21.0. The number of rotatable bonds is 6. The number of hydrogen-bond donors (Lipinski definition) is 1. The maximum atomic E-state index is 13.9. The van der Waals surface area contributed by atoms with Gasteiger partial charge in [-0.2, -0.15) is 0 Å². The molecule has 3 atom stereocenters. The third-order valence-electron chi connectivity index (χ3n) is 7.07. The normalized spacial score (nSPS) is 32.8. The number of benzene rings is 1. The Hall–Kier alpha value is -1.92. The second kappa shape index (κ2) is 9.48. The van der Waals surface area contributed by atoms with Crippen molar-refractivity contribution in [2.24, 2.45) is 11.8 Å². The van der Waals surface area contributed by atoms with E-state index in [1.54, 1.807) is 0 Å². The molecule has 0 spiro atoms. The molecule has 0 radical (unpaired) electrons. The molecular formula is C24H33NO5. The molecule has 3 aliphatic rings. The first kappa shape index (κ1) is 20.0. The van der Waals surface area contributed by atoms with Crippen LogP contribution < -0.4 is 0 Å². The largest absolute Gasteiger partial charge is 0.459 e. The minimum atomic E-state index is -1.26. The van der Waals surface area contributed by atoms with Gasteiger partial charge in [0.2, 0.25) is 5.91 Å². The van der Waals surface area contributed by atoms with Crippen LogP contribution in [0.3, 0.4) is 0 Å². The Balaban J connectivity index is 1.73. The minimum absolute atomic E-state index is 0.0912. The monoisotopic (exact) mass is 416 g/mol. The summed E-state index contributed by atoms with van der Waals surface area (Å²) >= 11 is 0. The number of nitrogens with zero attached hydrogens (tertiary/aromatic N) is 1. The second-order valence-electron chi connectivity index (χ2n) is 8.69. The number of ether oxygens (including phenoxy) is 2. The molecule has 3 fully saturated rings. The molecule has 1 amide bonds. The summed E-state index contributed by atoms with van der Waals surface area (Å²) in [6, 6.07) is 9.49. The number of aliphatic hydroxyl groups is 1. The summed E-state index contributed by atoms with van der Waals surface area (Å²) in [6.45, 7) is 0.297. The topological polar surface area (TPSA) is 76.1 Å². The van der Waals surface area contributed by atoms with Gasteiger partial charge < -0.3 is 19.5 Å². The third kappa shape index (κ3) is 3.87. The third-order valence-corrected chi connectivity index (χ3v) is 7.07. The molecule has 2 aliphatic heterocycles. The van der Waals surface area contributed by atoms with E-state index in [2.05, 4.69) is 0 Å². The first-order valence-electron chi connectivity index (χ1n) is 11.8. The molecule has 1 aromatic rings. The van der Waals surface area contributed by atoms with Crippen LogP contribution in [0.1, 0.15) is 58.3 Å². The van der Waals surface area contributed by atoms with Crippen LogP contribution in [0.15, 0.2) is 30.3 Å². The predicted octanol–water partition coefficient (Wildman–Crippen LogP) is 3.07. The van der Waals surface area contributed by atoms with Gasteiger partial charge >= 0.3 is 5.97 Å². The highest BCUT2D eigenvalue weighted by molar-refractivity contribution is 5.90. The van der Waals surface area contributed by atoms with Gasteiger partial charge in [-0.3, -0.25) is 4.79 Å². The lowest BCUT2D eigenvalue weighted by Crippen LogP contribution is -2.64. The van der Waals surface area contributed by atoms with E-state index >= 15 is 0 Å². The van der Waals surface area contributed by atoms with Gasteiger partial charge in [0.15, 0.2) is 0 Å². The van der Waals surface area contributed by atoms with Crippen molar-refractivity contribution >= 4 is 11.9 Å². The summed E-state index contributed by atoms with van der Waals surface area (Å²) in [6.07, 6.45) is 5.18. The SMILES string of the molecule is [2H]C1(C2CCN(C(=O)CO)[C@@]2(C(=O)OCc2ccccc2)C2CCCC2)CCCCO1. The zero-order chi connectivity index (χ0) is 21.9. The van der Waals surface area contributed by atoms with Crippen LogP contribution in [0.2, 0.25) is 0 Å². The van der Waals surface area contributed by atoms with Crippen LogP contribution in [-0.2, 0) is 25.7 Å². The van der Waals surface area contributed by atoms with Crippen molar-refractivity contribution in [2.45, 2.75) is 69.6 Å². The van der Waals surface area contributed by atoms with Crippen LogP contribution in [0.5, 0.6) is 0 Å². The van der Waals surface area contributed by atoms with Crippen LogP contribution in [0.25, 0.3) is 0 Å². The summed E-state index contributed by atoms with van der Waals surface area (Å²) in [5, 5.41) is 9.70. The van der Waals surface area contributed by atoms with Crippen LogP contribution in [-0.4, -0.2) is 53.3 Å². The van der Waals surface area contributed by atoms with Gasteiger partial charge in [-0.1, -0.05) is 43.2 Å². The number of aliphatic hydroxyl groups excluding tert-OH is 1. The lowest BCUT2D eigenvalue weighted by Gasteiger charge is -2.46. The highest BCUT2D eigenvalue weighted by Crippen LogP contribution is 2.51. The van der Waals surface area contributed by atoms with Crippen molar-refractivity contribution in [3.63, 3.8) is 0 Å². The Morgan fingerprint density at radius 3 is 2.53 bits per heavy atom. The van der Waals surface area contributed by atoms with E-state index in [1.807, 2.05) is 30.3 Å². The van der Waals surface area contributed by atoms with Crippen molar-refractivity contribution in [2.75, 3.05) is 19.8 Å². The molecule has 1 saturated carbocycles. The predicted molar refractivity (Wildman–Crippen MR) is 111 cm³/mol. The van der Waals surface area contributed by atoms with Crippen LogP contribution >= 0.6 is 0 Å². The average molecular weight is 417 g/mol. The second-order valence-corrected chi connectivity index (χ2v) is 8.69. The molecule has 164 valence electrons. The van der Waals surface area contributed by atoms with E-state index in [-0.39, 0.29) is 12.5 Å². The first-order valence-corrected chi connectivity index (χ1v) is 11.3. The molecule has 0 aromatic heterocycles. The molecule has 4 rings (SSSR count). The molecule has 6 heteroatoms. The van der Waals surface area contributed by atoms with Crippen LogP contribution in [0, 0.1) is 11.8 Å². The van der Waals surface area contributed by atoms with Gasteiger partial charge in [0.1, 0.15) is 18.8 Å². The van der Waals surface area contributed by atoms with E-state index in [1.165, 1.54) is 4.90 Å². The summed E-state index contributed by atoms with van der Waals surface area (Å²) in [4.78, 5) is 28.3. The number of carbonyl (C=O) groups excluding carboxylic acids is 2. The maximum absolute atomic E-state index is 13.9. The molecule has 1 aromatic carbocycles. The lowest BCUT2D eigenvalue weighted by molar-refractivity contribution is -0.176. The van der Waals surface area contributed by atoms with E-state index in [0.29, 0.717) is 26.0 Å². The standard InChI is InChI=1S/C24H33NO5/c26-16-22(27)25-14-13-20(21-12-6-7-15-29-21)24(25,19-10-4-5-11-19)23(28)30-17-18-8-2-1-3-9-18/h1-3,8-9,19-21,26H,4-7,10-17H2/t20?,21?,24-/m0/s1/i21D. The summed E-state index contributed by atoms with van der Waals surface area (Å²) in [7, 11) is 0. The van der Waals surface area contributed by atoms with E-state index in [0.717, 1.165) is 44.1 Å². The number of likely N-dealkylation sites (tertiary alicyclic amines) is 1. The molecular weight excluding hydrogens is 382 g/mol. The van der Waals surface area contributed by atoms with Crippen molar-refractivity contribution < 1.29 is 25.5 Å². The molecule has 1 aliphatic carbocycles. The minimum Gasteiger partial charge on any atom is -0.459 e. The Kier molecular flexibility index (Phi) is 6.32. The Morgan fingerprint density at radius 1 is 1.13 bits per heavy atom. The van der Waals surface area contributed by atoms with Crippen molar-refractivity contribution in [3.8, 4) is 0 Å². The molecule has 30 heavy (non-hydrogen) atoms. The van der Waals surface area contributed by atoms with Gasteiger partial charge in [0, 0.05) is 19.1 Å². The van der Waals surface area contributed by atoms with Gasteiger partial charge in [0.25, 0.3) is 0 Å². The molecule has 6 nitrogen and oxygen atoms in total. The lowest BCUT2D eigenvalue weighted by atomic mass is 9.70. The highest BCUT2D eigenvalue weighted by Gasteiger charge is 2.63. The smallest absolute Gasteiger partial charge is 0.333 e. The first-order chi connectivity index (χ1) is 15.0. The van der Waals surface area contributed by atoms with E-state index in [9.17, 15) is 16.1 Å². The fraction of sp³-hybridized carbons (Fsp3) is 0.667. The van der Waals surface area contributed by atoms with Gasteiger partial charge in [-0.15, -0.1) is 0 Å². The fourth-order valence-corrected chi connectivity index (χ4v) is 5.75. The number of esters is 1. The average Bonchev–Trinajstić information content (AvgIpc) is 3.47. The Bertz CT molecular complexity index is 775. The number of hydrogen-bond acceptors (Lipinski definition) is 5. The van der Waals surface area contributed by atoms with Gasteiger partial charge in [0.05, 0.1) is 7.45 Å². The molecule has 2 saturated heterocycles. The number of amides is 1. The quantitative estimate of drug-likeness (QED) is 0.722. The van der Waals surface area contributed by atoms with Crippen LogP contribution in [0.4, 0.5) is 0 Å². The summed E-state index contributed by atoms with van der Waals surface area (Å²) in [5.74, 6) is -1.48. The van der Waals surface area contributed by atoms with Crippen molar-refractivity contribution in [1.29, 1.82) is 0 Å². The maximum Gasteiger partial charge on any atom is 0.333 e. The molecule has 2 unspecified atom stereocenters. The molecule has 0 bridgehead atoms. The molecule has 1 N–H and O–H groups in total. The van der Waals surface area contributed by atoms with E-state index < -0.39 is 36.0 Å². The van der Waals surface area contributed by atoms with Crippen molar-refractivity contribution in [3.05, 3.63) is 35.9 Å². The van der Waals surface area contributed by atoms with Crippen molar-refractivity contribution in [1.82, 2.24) is 4.90 Å². The molecule has 2 heterocycles. The summed E-state index contributed by atoms with van der Waals surface area (Å²) in [5.41, 5.74) is -0.383. The Labute approximate surface area is 179 Å².